The maximum Gasteiger partial charge on any atom is 0.286 e. The zero-order valence-electron chi connectivity index (χ0n) is 13.0. The summed E-state index contributed by atoms with van der Waals surface area (Å²) in [6.45, 7) is 0. The van der Waals surface area contributed by atoms with Gasteiger partial charge in [0.05, 0.1) is 11.1 Å². The number of rotatable bonds is 4. The summed E-state index contributed by atoms with van der Waals surface area (Å²) in [6.07, 6.45) is 0. The van der Waals surface area contributed by atoms with Crippen molar-refractivity contribution in [3.05, 3.63) is 59.7 Å². The Labute approximate surface area is 150 Å². The highest BCUT2D eigenvalue weighted by Crippen LogP contribution is 2.17. The van der Waals surface area contributed by atoms with Crippen molar-refractivity contribution in [2.45, 2.75) is 9.79 Å². The van der Waals surface area contributed by atoms with E-state index in [9.17, 15) is 16.8 Å². The zero-order chi connectivity index (χ0) is 19.4. The molecule has 0 unspecified atom stereocenters. The van der Waals surface area contributed by atoms with Gasteiger partial charge in [0.15, 0.2) is 0 Å². The van der Waals surface area contributed by atoms with E-state index in [1.165, 1.54) is 36.4 Å². The minimum atomic E-state index is -4.42. The van der Waals surface area contributed by atoms with Crippen molar-refractivity contribution in [3.63, 3.8) is 0 Å². The van der Waals surface area contributed by atoms with E-state index in [2.05, 4.69) is 4.40 Å². The normalized spacial score (nSPS) is 12.0. The van der Waals surface area contributed by atoms with E-state index in [-0.39, 0.29) is 16.0 Å². The first-order valence-electron chi connectivity index (χ1n) is 6.83. The lowest BCUT2D eigenvalue weighted by molar-refractivity contribution is 0.592. The molecule has 11 heteroatoms. The Morgan fingerprint density at radius 1 is 0.885 bits per heavy atom. The Bertz CT molecular complexity index is 1170. The predicted octanol–water partition coefficient (Wildman–Crippen LogP) is 0.412. The lowest BCUT2D eigenvalue weighted by atomic mass is 10.2. The van der Waals surface area contributed by atoms with Gasteiger partial charge >= 0.3 is 0 Å². The molecule has 0 bridgehead atoms. The van der Waals surface area contributed by atoms with Crippen LogP contribution < -0.4 is 10.5 Å². The molecule has 0 radical (unpaired) electrons. The molecule has 0 saturated carbocycles. The minimum Gasteiger partial charge on any atom is -0.368 e. The molecule has 0 aliphatic carbocycles. The molecule has 132 valence electrons. The van der Waals surface area contributed by atoms with Gasteiger partial charge in [-0.15, -0.1) is 4.40 Å². The predicted molar refractivity (Wildman–Crippen MR) is 91.4 cm³/mol. The maximum absolute atomic E-state index is 12.3. The number of sulfonamides is 2. The summed E-state index contributed by atoms with van der Waals surface area (Å²) < 4.78 is 54.1. The third kappa shape index (κ3) is 3.97. The Hall–Kier alpha value is -3.41. The van der Waals surface area contributed by atoms with Gasteiger partial charge in [-0.2, -0.15) is 18.9 Å². The van der Waals surface area contributed by atoms with Crippen LogP contribution in [0, 0.1) is 22.7 Å². The first-order valence-corrected chi connectivity index (χ1v) is 9.75. The van der Waals surface area contributed by atoms with Gasteiger partial charge in [0.2, 0.25) is 5.96 Å². The molecule has 26 heavy (non-hydrogen) atoms. The molecule has 0 amide bonds. The third-order valence-electron chi connectivity index (χ3n) is 3.04. The van der Waals surface area contributed by atoms with E-state index < -0.39 is 30.9 Å². The van der Waals surface area contributed by atoms with Crippen LogP contribution >= 0.6 is 0 Å². The van der Waals surface area contributed by atoms with Gasteiger partial charge < -0.3 is 5.73 Å². The van der Waals surface area contributed by atoms with E-state index in [0.717, 1.165) is 12.1 Å². The summed E-state index contributed by atoms with van der Waals surface area (Å²) in [7, 11) is -8.75. The molecule has 0 spiro atoms. The molecule has 0 heterocycles. The van der Waals surface area contributed by atoms with Crippen molar-refractivity contribution >= 4 is 26.0 Å². The number of benzene rings is 2. The molecule has 0 aromatic heterocycles. The van der Waals surface area contributed by atoms with E-state index in [0.29, 0.717) is 0 Å². The van der Waals surface area contributed by atoms with E-state index >= 15 is 0 Å². The number of hydrogen-bond donors (Lipinski definition) is 2. The summed E-state index contributed by atoms with van der Waals surface area (Å²) in [6, 6.07) is 14.0. The molecule has 0 atom stereocenters. The summed E-state index contributed by atoms with van der Waals surface area (Å²) >= 11 is 0. The monoisotopic (exact) mass is 389 g/mol. The number of guanidine groups is 1. The molecular weight excluding hydrogens is 378 g/mol. The fraction of sp³-hybridized carbons (Fsp3) is 0. The minimum absolute atomic E-state index is 0.148. The Kier molecular flexibility index (Phi) is 5.26. The van der Waals surface area contributed by atoms with Crippen LogP contribution in [-0.2, 0) is 20.0 Å². The van der Waals surface area contributed by atoms with Gasteiger partial charge in [0.25, 0.3) is 20.0 Å². The topological polar surface area (TPSA) is 166 Å². The van der Waals surface area contributed by atoms with E-state index in [1.807, 2.05) is 0 Å². The molecule has 3 N–H and O–H groups in total. The molecular formula is C15H11N5O4S2. The Morgan fingerprint density at radius 2 is 1.35 bits per heavy atom. The van der Waals surface area contributed by atoms with Gasteiger partial charge in [0.1, 0.15) is 21.9 Å². The van der Waals surface area contributed by atoms with Crippen LogP contribution in [0.15, 0.2) is 62.7 Å². The summed E-state index contributed by atoms with van der Waals surface area (Å²) in [5.41, 5.74) is 5.11. The van der Waals surface area contributed by atoms with Crippen molar-refractivity contribution in [2.75, 3.05) is 0 Å². The SMILES string of the molecule is N#Cc1ccccc1S(=O)(=O)N=C(N)NS(=O)(=O)c1ccccc1C#N. The molecule has 0 saturated heterocycles. The Morgan fingerprint density at radius 3 is 1.88 bits per heavy atom. The second kappa shape index (κ2) is 7.23. The van der Waals surface area contributed by atoms with Crippen LogP contribution in [0.2, 0.25) is 0 Å². The highest BCUT2D eigenvalue weighted by molar-refractivity contribution is 7.91. The highest BCUT2D eigenvalue weighted by Gasteiger charge is 2.22. The average Bonchev–Trinajstić information content (AvgIpc) is 2.60. The second-order valence-electron chi connectivity index (χ2n) is 4.77. The first kappa shape index (κ1) is 18.9. The largest absolute Gasteiger partial charge is 0.368 e. The summed E-state index contributed by atoms with van der Waals surface area (Å²) in [5.74, 6) is -0.925. The summed E-state index contributed by atoms with van der Waals surface area (Å²) in [5, 5.41) is 18.0. The number of nitrogens with two attached hydrogens (primary N) is 1. The number of nitrogens with zero attached hydrogens (tertiary/aromatic N) is 3. The van der Waals surface area contributed by atoms with Crippen LogP contribution in [0.5, 0.6) is 0 Å². The molecule has 0 fully saturated rings. The highest BCUT2D eigenvalue weighted by atomic mass is 32.2. The standard InChI is InChI=1S/C15H11N5O4S2/c16-9-11-5-1-3-7-13(11)25(21,22)19-15(18)20-26(23,24)14-8-4-2-6-12(14)10-17/h1-8H,(H3,18,19,20). The molecule has 0 aliphatic heterocycles. The van der Waals surface area contributed by atoms with Crippen molar-refractivity contribution in [1.82, 2.24) is 4.72 Å². The van der Waals surface area contributed by atoms with Gasteiger partial charge in [-0.25, -0.2) is 13.1 Å². The van der Waals surface area contributed by atoms with Crippen molar-refractivity contribution < 1.29 is 16.8 Å². The molecule has 2 aromatic carbocycles. The van der Waals surface area contributed by atoms with Gasteiger partial charge in [-0.3, -0.25) is 0 Å². The third-order valence-corrected chi connectivity index (χ3v) is 5.80. The molecule has 2 aromatic rings. The van der Waals surface area contributed by atoms with Crippen LogP contribution in [0.4, 0.5) is 0 Å². The Balaban J connectivity index is 2.42. The summed E-state index contributed by atoms with van der Waals surface area (Å²) in [4.78, 5) is -0.794. The van der Waals surface area contributed by atoms with Crippen molar-refractivity contribution in [2.24, 2.45) is 10.1 Å². The maximum atomic E-state index is 12.3. The van der Waals surface area contributed by atoms with Crippen LogP contribution in [-0.4, -0.2) is 22.8 Å². The fourth-order valence-electron chi connectivity index (χ4n) is 1.97. The fourth-order valence-corrected chi connectivity index (χ4v) is 4.16. The van der Waals surface area contributed by atoms with E-state index in [1.54, 1.807) is 16.9 Å². The van der Waals surface area contributed by atoms with Gasteiger partial charge in [-0.1, -0.05) is 24.3 Å². The molecule has 9 nitrogen and oxygen atoms in total. The smallest absolute Gasteiger partial charge is 0.286 e. The van der Waals surface area contributed by atoms with Crippen LogP contribution in [0.1, 0.15) is 11.1 Å². The molecule has 2 rings (SSSR count). The van der Waals surface area contributed by atoms with Gasteiger partial charge in [0, 0.05) is 0 Å². The number of nitrogens with one attached hydrogen (secondary N) is 1. The first-order chi connectivity index (χ1) is 12.2. The van der Waals surface area contributed by atoms with Crippen molar-refractivity contribution in [1.29, 1.82) is 10.5 Å². The number of nitriles is 2. The van der Waals surface area contributed by atoms with Gasteiger partial charge in [-0.05, 0) is 24.3 Å². The van der Waals surface area contributed by atoms with E-state index in [4.69, 9.17) is 16.3 Å². The van der Waals surface area contributed by atoms with Crippen molar-refractivity contribution in [3.8, 4) is 12.1 Å². The lowest BCUT2D eigenvalue weighted by Gasteiger charge is -2.08. The quantitative estimate of drug-likeness (QED) is 0.564. The second-order valence-corrected chi connectivity index (χ2v) is 8.00. The van der Waals surface area contributed by atoms with Crippen LogP contribution in [0.3, 0.4) is 0 Å². The molecule has 0 aliphatic rings. The zero-order valence-corrected chi connectivity index (χ0v) is 14.6. The number of hydrogen-bond acceptors (Lipinski definition) is 6. The van der Waals surface area contributed by atoms with Crippen LogP contribution in [0.25, 0.3) is 0 Å². The lowest BCUT2D eigenvalue weighted by Crippen LogP contribution is -2.37. The average molecular weight is 389 g/mol.